The van der Waals surface area contributed by atoms with Gasteiger partial charge in [-0.15, -0.1) is 0 Å². The summed E-state index contributed by atoms with van der Waals surface area (Å²) >= 11 is 1.48. The van der Waals surface area contributed by atoms with Crippen LogP contribution >= 0.6 is 11.8 Å². The Labute approximate surface area is 128 Å². The molecule has 0 saturated heterocycles. The molecule has 4 rings (SSSR count). The standard InChI is InChI=1S/C16H19N3OS/c20-15(17-14-8-10-5-6-11(14)7-10)9-21-16-18-12-3-1-2-4-13(12)19-16/h1-4,10-11,14H,5-9H2,(H,17,20)(H,18,19)/t10-,11-,14+/m1/s1. The molecule has 0 radical (unpaired) electrons. The highest BCUT2D eigenvalue weighted by Crippen LogP contribution is 2.44. The number of nitrogens with zero attached hydrogens (tertiary/aromatic N) is 1. The van der Waals surface area contributed by atoms with E-state index in [4.69, 9.17) is 0 Å². The van der Waals surface area contributed by atoms with E-state index in [1.165, 1.54) is 37.4 Å². The first-order valence-corrected chi connectivity index (χ1v) is 8.63. The minimum Gasteiger partial charge on any atom is -0.352 e. The van der Waals surface area contributed by atoms with Crippen LogP contribution in [0.1, 0.15) is 25.7 Å². The number of carbonyl (C=O) groups is 1. The number of imidazole rings is 1. The van der Waals surface area contributed by atoms with E-state index in [1.54, 1.807) is 0 Å². The lowest BCUT2D eigenvalue weighted by atomic mass is 9.95. The van der Waals surface area contributed by atoms with Crippen molar-refractivity contribution in [3.8, 4) is 0 Å². The van der Waals surface area contributed by atoms with Gasteiger partial charge in [0.05, 0.1) is 16.8 Å². The lowest BCUT2D eigenvalue weighted by Crippen LogP contribution is -2.39. The fourth-order valence-corrected chi connectivity index (χ4v) is 4.50. The van der Waals surface area contributed by atoms with E-state index in [2.05, 4.69) is 15.3 Å². The Kier molecular flexibility index (Phi) is 3.37. The van der Waals surface area contributed by atoms with Crippen molar-refractivity contribution in [3.05, 3.63) is 24.3 Å². The molecule has 5 heteroatoms. The molecule has 2 bridgehead atoms. The molecule has 2 saturated carbocycles. The Morgan fingerprint density at radius 2 is 2.24 bits per heavy atom. The molecule has 2 aliphatic carbocycles. The number of H-pyrrole nitrogens is 1. The number of aromatic amines is 1. The molecular weight excluding hydrogens is 282 g/mol. The van der Waals surface area contributed by atoms with E-state index in [1.807, 2.05) is 24.3 Å². The third kappa shape index (κ3) is 2.67. The number of amides is 1. The minimum atomic E-state index is 0.137. The first kappa shape index (κ1) is 13.2. The van der Waals surface area contributed by atoms with Gasteiger partial charge >= 0.3 is 0 Å². The van der Waals surface area contributed by atoms with Gasteiger partial charge in [-0.25, -0.2) is 4.98 Å². The van der Waals surface area contributed by atoms with Gasteiger partial charge in [0.2, 0.25) is 5.91 Å². The maximum absolute atomic E-state index is 12.1. The van der Waals surface area contributed by atoms with Gasteiger partial charge in [0.15, 0.2) is 5.16 Å². The topological polar surface area (TPSA) is 57.8 Å². The molecule has 2 aromatic rings. The van der Waals surface area contributed by atoms with E-state index < -0.39 is 0 Å². The van der Waals surface area contributed by atoms with Crippen LogP contribution in [0.4, 0.5) is 0 Å². The number of nitrogens with one attached hydrogen (secondary N) is 2. The summed E-state index contributed by atoms with van der Waals surface area (Å²) in [6.07, 6.45) is 5.17. The van der Waals surface area contributed by atoms with Gasteiger partial charge in [0.25, 0.3) is 0 Å². The van der Waals surface area contributed by atoms with E-state index in [0.717, 1.165) is 28.0 Å². The smallest absolute Gasteiger partial charge is 0.230 e. The van der Waals surface area contributed by atoms with Gasteiger partial charge in [-0.1, -0.05) is 30.3 Å². The summed E-state index contributed by atoms with van der Waals surface area (Å²) in [6, 6.07) is 8.36. The molecule has 1 aromatic carbocycles. The number of thioether (sulfide) groups is 1. The number of rotatable bonds is 4. The molecular formula is C16H19N3OS. The summed E-state index contributed by atoms with van der Waals surface area (Å²) in [6.45, 7) is 0. The van der Waals surface area contributed by atoms with Gasteiger partial charge in [0, 0.05) is 6.04 Å². The molecule has 1 heterocycles. The number of fused-ring (bicyclic) bond motifs is 3. The van der Waals surface area contributed by atoms with Gasteiger partial charge in [-0.05, 0) is 43.2 Å². The second-order valence-corrected chi connectivity index (χ2v) is 7.16. The zero-order valence-corrected chi connectivity index (χ0v) is 12.7. The fraction of sp³-hybridized carbons (Fsp3) is 0.500. The summed E-state index contributed by atoms with van der Waals surface area (Å²) < 4.78 is 0. The zero-order chi connectivity index (χ0) is 14.2. The minimum absolute atomic E-state index is 0.137. The Morgan fingerprint density at radius 3 is 3.00 bits per heavy atom. The van der Waals surface area contributed by atoms with Crippen molar-refractivity contribution in [3.63, 3.8) is 0 Å². The van der Waals surface area contributed by atoms with Crippen LogP contribution in [0.5, 0.6) is 0 Å². The number of para-hydroxylation sites is 2. The van der Waals surface area contributed by atoms with E-state index in [9.17, 15) is 4.79 Å². The lowest BCUT2D eigenvalue weighted by Gasteiger charge is -2.22. The molecule has 2 aliphatic rings. The van der Waals surface area contributed by atoms with Crippen LogP contribution in [-0.4, -0.2) is 27.7 Å². The summed E-state index contributed by atoms with van der Waals surface area (Å²) in [7, 11) is 0. The van der Waals surface area contributed by atoms with Crippen molar-refractivity contribution in [1.29, 1.82) is 0 Å². The SMILES string of the molecule is O=C(CSc1nc2ccccc2[nH]1)N[C@H]1C[C@@H]2CC[C@@H]1C2. The normalized spacial score (nSPS) is 27.3. The lowest BCUT2D eigenvalue weighted by molar-refractivity contribution is -0.119. The maximum atomic E-state index is 12.1. The molecule has 4 nitrogen and oxygen atoms in total. The summed E-state index contributed by atoms with van der Waals surface area (Å²) in [4.78, 5) is 19.8. The van der Waals surface area contributed by atoms with Crippen LogP contribution in [-0.2, 0) is 4.79 Å². The Balaban J connectivity index is 1.32. The molecule has 3 atom stereocenters. The second kappa shape index (κ2) is 5.37. The zero-order valence-electron chi connectivity index (χ0n) is 11.8. The van der Waals surface area contributed by atoms with Crippen molar-refractivity contribution in [2.45, 2.75) is 36.9 Å². The maximum Gasteiger partial charge on any atom is 0.230 e. The molecule has 110 valence electrons. The van der Waals surface area contributed by atoms with Crippen LogP contribution in [0.25, 0.3) is 11.0 Å². The average molecular weight is 301 g/mol. The third-order valence-electron chi connectivity index (χ3n) is 4.79. The van der Waals surface area contributed by atoms with Gasteiger partial charge in [0.1, 0.15) is 0 Å². The predicted octanol–water partition coefficient (Wildman–Crippen LogP) is 2.96. The van der Waals surface area contributed by atoms with Crippen LogP contribution in [0.3, 0.4) is 0 Å². The van der Waals surface area contributed by atoms with E-state index in [0.29, 0.717) is 11.8 Å². The molecule has 0 aliphatic heterocycles. The van der Waals surface area contributed by atoms with Crippen molar-refractivity contribution in [2.24, 2.45) is 11.8 Å². The fourth-order valence-electron chi connectivity index (χ4n) is 3.80. The summed E-state index contributed by atoms with van der Waals surface area (Å²) in [5.74, 6) is 2.17. The summed E-state index contributed by atoms with van der Waals surface area (Å²) in [5, 5.41) is 4.03. The average Bonchev–Trinajstić information content (AvgIpc) is 3.19. The van der Waals surface area contributed by atoms with Crippen LogP contribution in [0, 0.1) is 11.8 Å². The van der Waals surface area contributed by atoms with Gasteiger partial charge < -0.3 is 10.3 Å². The third-order valence-corrected chi connectivity index (χ3v) is 5.67. The highest BCUT2D eigenvalue weighted by molar-refractivity contribution is 7.99. The molecule has 2 N–H and O–H groups in total. The van der Waals surface area contributed by atoms with Crippen molar-refractivity contribution >= 4 is 28.7 Å². The van der Waals surface area contributed by atoms with E-state index in [-0.39, 0.29) is 5.91 Å². The van der Waals surface area contributed by atoms with Gasteiger partial charge in [-0.2, -0.15) is 0 Å². The highest BCUT2D eigenvalue weighted by atomic mass is 32.2. The molecule has 1 amide bonds. The summed E-state index contributed by atoms with van der Waals surface area (Å²) in [5.41, 5.74) is 1.97. The second-order valence-electron chi connectivity index (χ2n) is 6.20. The molecule has 2 fully saturated rings. The van der Waals surface area contributed by atoms with Crippen molar-refractivity contribution < 1.29 is 4.79 Å². The predicted molar refractivity (Wildman–Crippen MR) is 84.2 cm³/mol. The molecule has 0 spiro atoms. The van der Waals surface area contributed by atoms with Crippen molar-refractivity contribution in [2.75, 3.05) is 5.75 Å². The largest absolute Gasteiger partial charge is 0.352 e. The Hall–Kier alpha value is -1.49. The highest BCUT2D eigenvalue weighted by Gasteiger charge is 2.39. The van der Waals surface area contributed by atoms with Gasteiger partial charge in [-0.3, -0.25) is 4.79 Å². The first-order valence-electron chi connectivity index (χ1n) is 7.65. The number of hydrogen-bond donors (Lipinski definition) is 2. The Bertz CT molecular complexity index is 635. The van der Waals surface area contributed by atoms with Crippen LogP contribution < -0.4 is 5.32 Å². The van der Waals surface area contributed by atoms with Crippen LogP contribution in [0.2, 0.25) is 0 Å². The Morgan fingerprint density at radius 1 is 1.33 bits per heavy atom. The number of benzene rings is 1. The number of carbonyl (C=O) groups excluding carboxylic acids is 1. The number of hydrogen-bond acceptors (Lipinski definition) is 3. The molecule has 21 heavy (non-hydrogen) atoms. The molecule has 0 unspecified atom stereocenters. The monoisotopic (exact) mass is 301 g/mol. The van der Waals surface area contributed by atoms with E-state index >= 15 is 0 Å². The van der Waals surface area contributed by atoms with Crippen LogP contribution in [0.15, 0.2) is 29.4 Å². The quantitative estimate of drug-likeness (QED) is 0.854. The first-order chi connectivity index (χ1) is 10.3. The number of aromatic nitrogens is 2. The van der Waals surface area contributed by atoms with Crippen molar-refractivity contribution in [1.82, 2.24) is 15.3 Å². The molecule has 1 aromatic heterocycles.